The molecule has 1 rings (SSSR count). The number of carbonyl (C=O) groups is 1. The van der Waals surface area contributed by atoms with Gasteiger partial charge in [-0.25, -0.2) is 0 Å². The number of amides is 1. The highest BCUT2D eigenvalue weighted by Gasteiger charge is 2.16. The van der Waals surface area contributed by atoms with Crippen LogP contribution >= 0.6 is 0 Å². The van der Waals surface area contributed by atoms with Gasteiger partial charge in [-0.3, -0.25) is 9.89 Å². The van der Waals surface area contributed by atoms with Gasteiger partial charge in [-0.15, -0.1) is 0 Å². The first-order valence-electron chi connectivity index (χ1n) is 4.23. The summed E-state index contributed by atoms with van der Waals surface area (Å²) >= 11 is 0. The molecule has 1 amide bonds. The fraction of sp³-hybridized carbons (Fsp3) is 0.500. The Hall–Kier alpha value is -1.40. The van der Waals surface area contributed by atoms with Crippen molar-refractivity contribution in [3.05, 3.63) is 11.8 Å². The SMILES string of the molecule is COC(CN)C(=O)Nc1cc(C)[nH]n1. The van der Waals surface area contributed by atoms with E-state index in [0.29, 0.717) is 5.82 Å². The van der Waals surface area contributed by atoms with Crippen molar-refractivity contribution in [2.75, 3.05) is 19.0 Å². The Kier molecular flexibility index (Phi) is 3.61. The van der Waals surface area contributed by atoms with Crippen molar-refractivity contribution in [3.8, 4) is 0 Å². The Morgan fingerprint density at radius 1 is 1.86 bits per heavy atom. The smallest absolute Gasteiger partial charge is 0.256 e. The van der Waals surface area contributed by atoms with Gasteiger partial charge in [0, 0.05) is 25.4 Å². The van der Waals surface area contributed by atoms with Gasteiger partial charge in [0.15, 0.2) is 5.82 Å². The molecule has 1 heterocycles. The molecule has 0 saturated heterocycles. The standard InChI is InChI=1S/C8H14N4O2/c1-5-3-7(12-11-5)10-8(13)6(4-9)14-2/h3,6H,4,9H2,1-2H3,(H2,10,11,12,13). The molecule has 1 aromatic heterocycles. The first-order chi connectivity index (χ1) is 6.67. The zero-order valence-corrected chi connectivity index (χ0v) is 8.20. The number of aryl methyl sites for hydroxylation is 1. The molecule has 0 bridgehead atoms. The normalized spacial score (nSPS) is 12.5. The first kappa shape index (κ1) is 10.7. The highest BCUT2D eigenvalue weighted by atomic mass is 16.5. The van der Waals surface area contributed by atoms with E-state index in [1.54, 1.807) is 6.07 Å². The van der Waals surface area contributed by atoms with Gasteiger partial charge in [-0.05, 0) is 6.92 Å². The van der Waals surface area contributed by atoms with Crippen molar-refractivity contribution in [2.45, 2.75) is 13.0 Å². The molecule has 1 unspecified atom stereocenters. The minimum Gasteiger partial charge on any atom is -0.370 e. The molecule has 0 spiro atoms. The Labute approximate surface area is 81.8 Å². The van der Waals surface area contributed by atoms with Crippen LogP contribution in [0.25, 0.3) is 0 Å². The van der Waals surface area contributed by atoms with Crippen LogP contribution in [0.4, 0.5) is 5.82 Å². The molecule has 0 saturated carbocycles. The van der Waals surface area contributed by atoms with Crippen molar-refractivity contribution >= 4 is 11.7 Å². The maximum absolute atomic E-state index is 11.4. The first-order valence-corrected chi connectivity index (χ1v) is 4.23. The van der Waals surface area contributed by atoms with Crippen LogP contribution in [0.1, 0.15) is 5.69 Å². The molecule has 0 aliphatic heterocycles. The predicted molar refractivity (Wildman–Crippen MR) is 51.8 cm³/mol. The lowest BCUT2D eigenvalue weighted by Crippen LogP contribution is -2.35. The molecule has 14 heavy (non-hydrogen) atoms. The van der Waals surface area contributed by atoms with E-state index in [1.807, 2.05) is 6.92 Å². The quantitative estimate of drug-likeness (QED) is 0.615. The van der Waals surface area contributed by atoms with Gasteiger partial charge in [0.25, 0.3) is 5.91 Å². The number of methoxy groups -OCH3 is 1. The Balaban J connectivity index is 2.56. The highest BCUT2D eigenvalue weighted by molar-refractivity contribution is 5.93. The minimum absolute atomic E-state index is 0.145. The summed E-state index contributed by atoms with van der Waals surface area (Å²) in [4.78, 5) is 11.4. The molecule has 0 radical (unpaired) electrons. The van der Waals surface area contributed by atoms with E-state index in [2.05, 4.69) is 15.5 Å². The van der Waals surface area contributed by atoms with Crippen molar-refractivity contribution in [3.63, 3.8) is 0 Å². The van der Waals surface area contributed by atoms with Crippen LogP contribution in [0, 0.1) is 6.92 Å². The maximum atomic E-state index is 11.4. The van der Waals surface area contributed by atoms with Gasteiger partial charge < -0.3 is 15.8 Å². The number of anilines is 1. The number of hydrogen-bond acceptors (Lipinski definition) is 4. The fourth-order valence-corrected chi connectivity index (χ4v) is 0.999. The number of nitrogens with one attached hydrogen (secondary N) is 2. The van der Waals surface area contributed by atoms with Crippen LogP contribution in [0.3, 0.4) is 0 Å². The van der Waals surface area contributed by atoms with E-state index < -0.39 is 6.10 Å². The molecule has 0 aliphatic carbocycles. The summed E-state index contributed by atoms with van der Waals surface area (Å²) < 4.78 is 4.87. The molecular weight excluding hydrogens is 184 g/mol. The largest absolute Gasteiger partial charge is 0.370 e. The average Bonchev–Trinajstić information content (AvgIpc) is 2.53. The Bertz CT molecular complexity index is 306. The molecule has 1 aromatic rings. The van der Waals surface area contributed by atoms with Crippen molar-refractivity contribution in [1.29, 1.82) is 0 Å². The molecule has 0 aliphatic rings. The summed E-state index contributed by atoms with van der Waals surface area (Å²) in [5, 5.41) is 9.14. The number of H-pyrrole nitrogens is 1. The molecule has 4 N–H and O–H groups in total. The summed E-state index contributed by atoms with van der Waals surface area (Å²) in [6, 6.07) is 1.72. The van der Waals surface area contributed by atoms with Crippen LogP contribution in [-0.4, -0.2) is 35.9 Å². The molecule has 0 fully saturated rings. The number of nitrogens with two attached hydrogens (primary N) is 1. The van der Waals surface area contributed by atoms with E-state index in [-0.39, 0.29) is 12.5 Å². The molecule has 6 nitrogen and oxygen atoms in total. The lowest BCUT2D eigenvalue weighted by Gasteiger charge is -2.10. The van der Waals surface area contributed by atoms with Gasteiger partial charge in [-0.2, -0.15) is 5.10 Å². The minimum atomic E-state index is -0.632. The number of hydrogen-bond donors (Lipinski definition) is 3. The molecule has 6 heteroatoms. The summed E-state index contributed by atoms with van der Waals surface area (Å²) in [7, 11) is 1.44. The highest BCUT2D eigenvalue weighted by Crippen LogP contribution is 2.04. The zero-order chi connectivity index (χ0) is 10.6. The van der Waals surface area contributed by atoms with Crippen molar-refractivity contribution in [1.82, 2.24) is 10.2 Å². The van der Waals surface area contributed by atoms with E-state index >= 15 is 0 Å². The fourth-order valence-electron chi connectivity index (χ4n) is 0.999. The summed E-state index contributed by atoms with van der Waals surface area (Å²) in [5.74, 6) is 0.185. The van der Waals surface area contributed by atoms with E-state index in [4.69, 9.17) is 10.5 Å². The van der Waals surface area contributed by atoms with Gasteiger partial charge in [0.05, 0.1) is 0 Å². The number of aromatic amines is 1. The van der Waals surface area contributed by atoms with Crippen LogP contribution in [0.15, 0.2) is 6.07 Å². The number of nitrogens with zero attached hydrogens (tertiary/aromatic N) is 1. The van der Waals surface area contributed by atoms with Crippen molar-refractivity contribution < 1.29 is 9.53 Å². The van der Waals surface area contributed by atoms with E-state index in [1.165, 1.54) is 7.11 Å². The van der Waals surface area contributed by atoms with Crippen molar-refractivity contribution in [2.24, 2.45) is 5.73 Å². The number of rotatable bonds is 4. The lowest BCUT2D eigenvalue weighted by atomic mass is 10.3. The molecule has 78 valence electrons. The third-order valence-electron chi connectivity index (χ3n) is 1.75. The third-order valence-corrected chi connectivity index (χ3v) is 1.75. The third kappa shape index (κ3) is 2.54. The van der Waals surface area contributed by atoms with Crippen LogP contribution < -0.4 is 11.1 Å². The summed E-state index contributed by atoms with van der Waals surface area (Å²) in [6.45, 7) is 1.99. The molecule has 1 atom stereocenters. The lowest BCUT2D eigenvalue weighted by molar-refractivity contribution is -0.125. The topological polar surface area (TPSA) is 93.0 Å². The molecular formula is C8H14N4O2. The zero-order valence-electron chi connectivity index (χ0n) is 8.20. The maximum Gasteiger partial charge on any atom is 0.256 e. The summed E-state index contributed by atoms with van der Waals surface area (Å²) in [5.41, 5.74) is 6.21. The number of aromatic nitrogens is 2. The Morgan fingerprint density at radius 3 is 3.00 bits per heavy atom. The monoisotopic (exact) mass is 198 g/mol. The van der Waals surface area contributed by atoms with E-state index in [9.17, 15) is 4.79 Å². The predicted octanol–water partition coefficient (Wildman–Crippen LogP) is -0.370. The van der Waals surface area contributed by atoms with Crippen LogP contribution in [0.5, 0.6) is 0 Å². The number of carbonyl (C=O) groups excluding carboxylic acids is 1. The van der Waals surface area contributed by atoms with Gasteiger partial charge in [0.1, 0.15) is 6.10 Å². The van der Waals surface area contributed by atoms with Gasteiger partial charge >= 0.3 is 0 Å². The Morgan fingerprint density at radius 2 is 2.57 bits per heavy atom. The second-order valence-corrected chi connectivity index (χ2v) is 2.89. The summed E-state index contributed by atoms with van der Waals surface area (Å²) in [6.07, 6.45) is -0.632. The second-order valence-electron chi connectivity index (χ2n) is 2.89. The average molecular weight is 198 g/mol. The van der Waals surface area contributed by atoms with E-state index in [0.717, 1.165) is 5.69 Å². The van der Waals surface area contributed by atoms with Crippen LogP contribution in [0.2, 0.25) is 0 Å². The van der Waals surface area contributed by atoms with Gasteiger partial charge in [-0.1, -0.05) is 0 Å². The number of ether oxygens (including phenoxy) is 1. The second kappa shape index (κ2) is 4.73. The van der Waals surface area contributed by atoms with Crippen LogP contribution in [-0.2, 0) is 9.53 Å². The van der Waals surface area contributed by atoms with Gasteiger partial charge in [0.2, 0.25) is 0 Å². The molecule has 0 aromatic carbocycles.